The number of hydrogen-bond acceptors (Lipinski definition) is 5. The van der Waals surface area contributed by atoms with E-state index in [9.17, 15) is 4.79 Å². The van der Waals surface area contributed by atoms with Gasteiger partial charge in [-0.2, -0.15) is 0 Å². The standard InChI is InChI=1S/C22H30N4OS/c1-15(26-12-11-18-7-5-6-8-19(18)14-26)13-23-21(27)10-9-20-16(2)24-22(28-4)25-17(20)3/h5-8,15H,9-14H2,1-4H3,(H,23,27). The van der Waals surface area contributed by atoms with Gasteiger partial charge >= 0.3 is 0 Å². The van der Waals surface area contributed by atoms with Crippen molar-refractivity contribution >= 4 is 17.7 Å². The zero-order valence-electron chi connectivity index (χ0n) is 17.3. The van der Waals surface area contributed by atoms with Crippen LogP contribution in [0.25, 0.3) is 0 Å². The third-order valence-corrected chi connectivity index (χ3v) is 6.11. The maximum absolute atomic E-state index is 12.4. The van der Waals surface area contributed by atoms with Crippen LogP contribution in [0.2, 0.25) is 0 Å². The number of fused-ring (bicyclic) bond motifs is 1. The molecular weight excluding hydrogens is 368 g/mol. The first-order chi connectivity index (χ1) is 13.5. The van der Waals surface area contributed by atoms with Crippen LogP contribution in [-0.2, 0) is 24.2 Å². The summed E-state index contributed by atoms with van der Waals surface area (Å²) in [6, 6.07) is 8.97. The number of aryl methyl sites for hydroxylation is 2. The van der Waals surface area contributed by atoms with Gasteiger partial charge in [-0.3, -0.25) is 9.69 Å². The van der Waals surface area contributed by atoms with E-state index in [1.807, 2.05) is 20.1 Å². The average Bonchev–Trinajstić information content (AvgIpc) is 2.70. The molecule has 150 valence electrons. The molecule has 1 unspecified atom stereocenters. The Morgan fingerprint density at radius 1 is 1.21 bits per heavy atom. The van der Waals surface area contributed by atoms with E-state index in [0.29, 0.717) is 25.4 Å². The monoisotopic (exact) mass is 398 g/mol. The van der Waals surface area contributed by atoms with Crippen LogP contribution in [0, 0.1) is 13.8 Å². The van der Waals surface area contributed by atoms with E-state index >= 15 is 0 Å². The maximum Gasteiger partial charge on any atom is 0.220 e. The first kappa shape index (κ1) is 20.8. The molecule has 1 aromatic heterocycles. The van der Waals surface area contributed by atoms with Gasteiger partial charge in [-0.1, -0.05) is 36.0 Å². The van der Waals surface area contributed by atoms with Crippen LogP contribution in [0.4, 0.5) is 0 Å². The lowest BCUT2D eigenvalue weighted by atomic mass is 9.99. The molecule has 1 amide bonds. The fourth-order valence-corrected chi connectivity index (χ4v) is 4.23. The van der Waals surface area contributed by atoms with Crippen molar-refractivity contribution in [2.24, 2.45) is 0 Å². The molecule has 2 aromatic rings. The quantitative estimate of drug-likeness (QED) is 0.573. The molecule has 1 N–H and O–H groups in total. The highest BCUT2D eigenvalue weighted by Crippen LogP contribution is 2.20. The summed E-state index contributed by atoms with van der Waals surface area (Å²) in [5, 5.41) is 3.90. The average molecular weight is 399 g/mol. The van der Waals surface area contributed by atoms with Crippen molar-refractivity contribution in [3.05, 3.63) is 52.3 Å². The number of amides is 1. The largest absolute Gasteiger partial charge is 0.355 e. The molecule has 0 fully saturated rings. The Hall–Kier alpha value is -1.92. The molecule has 1 aliphatic rings. The van der Waals surface area contributed by atoms with E-state index in [1.54, 1.807) is 11.8 Å². The van der Waals surface area contributed by atoms with Gasteiger partial charge in [0.25, 0.3) is 0 Å². The van der Waals surface area contributed by atoms with Crippen LogP contribution in [0.1, 0.15) is 41.4 Å². The molecule has 0 saturated heterocycles. The van der Waals surface area contributed by atoms with Crippen molar-refractivity contribution in [2.45, 2.75) is 57.8 Å². The van der Waals surface area contributed by atoms with Crippen molar-refractivity contribution < 1.29 is 4.79 Å². The molecule has 0 bridgehead atoms. The Balaban J connectivity index is 1.47. The Morgan fingerprint density at radius 3 is 2.57 bits per heavy atom. The van der Waals surface area contributed by atoms with Crippen molar-refractivity contribution in [2.75, 3.05) is 19.3 Å². The van der Waals surface area contributed by atoms with Crippen LogP contribution in [0.3, 0.4) is 0 Å². The third kappa shape index (κ3) is 5.11. The maximum atomic E-state index is 12.4. The summed E-state index contributed by atoms with van der Waals surface area (Å²) >= 11 is 1.54. The summed E-state index contributed by atoms with van der Waals surface area (Å²) in [6.45, 7) is 8.88. The SMILES string of the molecule is CSc1nc(C)c(CCC(=O)NCC(C)N2CCc3ccccc3C2)c(C)n1. The zero-order valence-corrected chi connectivity index (χ0v) is 18.1. The third-order valence-electron chi connectivity index (χ3n) is 5.56. The molecule has 0 radical (unpaired) electrons. The van der Waals surface area contributed by atoms with E-state index in [1.165, 1.54) is 11.1 Å². The summed E-state index contributed by atoms with van der Waals surface area (Å²) in [6.07, 6.45) is 4.21. The lowest BCUT2D eigenvalue weighted by Gasteiger charge is -2.33. The molecule has 28 heavy (non-hydrogen) atoms. The Kier molecular flexibility index (Phi) is 7.08. The number of carbonyl (C=O) groups is 1. The zero-order chi connectivity index (χ0) is 20.1. The number of rotatable bonds is 7. The van der Waals surface area contributed by atoms with Crippen LogP contribution in [0.5, 0.6) is 0 Å². The Bertz CT molecular complexity index is 816. The Labute approximate surface area is 172 Å². The van der Waals surface area contributed by atoms with Gasteiger partial charge in [0.15, 0.2) is 5.16 Å². The van der Waals surface area contributed by atoms with Crippen LogP contribution in [-0.4, -0.2) is 46.2 Å². The predicted molar refractivity (Wildman–Crippen MR) is 115 cm³/mol. The highest BCUT2D eigenvalue weighted by Gasteiger charge is 2.20. The first-order valence-corrected chi connectivity index (χ1v) is 11.2. The molecule has 0 spiro atoms. The summed E-state index contributed by atoms with van der Waals surface area (Å²) in [7, 11) is 0. The number of nitrogens with one attached hydrogen (secondary N) is 1. The van der Waals surface area contributed by atoms with E-state index in [4.69, 9.17) is 0 Å². The number of thioether (sulfide) groups is 1. The van der Waals surface area contributed by atoms with Gasteiger partial charge in [-0.05, 0) is 56.6 Å². The minimum absolute atomic E-state index is 0.0944. The molecule has 5 nitrogen and oxygen atoms in total. The number of benzene rings is 1. The van der Waals surface area contributed by atoms with E-state index < -0.39 is 0 Å². The second kappa shape index (κ2) is 9.52. The minimum Gasteiger partial charge on any atom is -0.355 e. The number of carbonyl (C=O) groups excluding carboxylic acids is 1. The van der Waals surface area contributed by atoms with Crippen molar-refractivity contribution in [3.8, 4) is 0 Å². The summed E-state index contributed by atoms with van der Waals surface area (Å²) in [4.78, 5) is 23.8. The molecule has 1 aliphatic heterocycles. The fraction of sp³-hybridized carbons (Fsp3) is 0.500. The van der Waals surface area contributed by atoms with Gasteiger partial charge in [0.1, 0.15) is 0 Å². The number of aromatic nitrogens is 2. The van der Waals surface area contributed by atoms with Gasteiger partial charge in [0.05, 0.1) is 0 Å². The topological polar surface area (TPSA) is 58.1 Å². The molecule has 0 saturated carbocycles. The first-order valence-electron chi connectivity index (χ1n) is 9.93. The summed E-state index contributed by atoms with van der Waals surface area (Å²) < 4.78 is 0. The Morgan fingerprint density at radius 2 is 1.89 bits per heavy atom. The van der Waals surface area contributed by atoms with Gasteiger partial charge in [-0.25, -0.2) is 9.97 Å². The van der Waals surface area contributed by atoms with Crippen LogP contribution < -0.4 is 5.32 Å². The highest BCUT2D eigenvalue weighted by atomic mass is 32.2. The van der Waals surface area contributed by atoms with Crippen molar-refractivity contribution in [1.29, 1.82) is 0 Å². The minimum atomic E-state index is 0.0944. The van der Waals surface area contributed by atoms with Gasteiger partial charge in [0, 0.05) is 43.5 Å². The molecule has 1 atom stereocenters. The van der Waals surface area contributed by atoms with Crippen LogP contribution in [0.15, 0.2) is 29.4 Å². The molecule has 3 rings (SSSR count). The number of nitrogens with zero attached hydrogens (tertiary/aromatic N) is 3. The summed E-state index contributed by atoms with van der Waals surface area (Å²) in [5.74, 6) is 0.0944. The second-order valence-electron chi connectivity index (χ2n) is 7.50. The van der Waals surface area contributed by atoms with Crippen LogP contribution >= 0.6 is 11.8 Å². The van der Waals surface area contributed by atoms with Gasteiger partial charge in [-0.15, -0.1) is 0 Å². The van der Waals surface area contributed by atoms with Crippen molar-refractivity contribution in [1.82, 2.24) is 20.2 Å². The normalized spacial score (nSPS) is 15.1. The van der Waals surface area contributed by atoms with E-state index in [-0.39, 0.29) is 5.91 Å². The number of hydrogen-bond donors (Lipinski definition) is 1. The molecule has 6 heteroatoms. The highest BCUT2D eigenvalue weighted by molar-refractivity contribution is 7.98. The van der Waals surface area contributed by atoms with E-state index in [2.05, 4.69) is 51.4 Å². The van der Waals surface area contributed by atoms with Gasteiger partial charge in [0.2, 0.25) is 5.91 Å². The predicted octanol–water partition coefficient (Wildman–Crippen LogP) is 3.31. The molecule has 1 aromatic carbocycles. The smallest absolute Gasteiger partial charge is 0.220 e. The summed E-state index contributed by atoms with van der Waals surface area (Å²) in [5.41, 5.74) is 5.91. The molecule has 2 heterocycles. The lowest BCUT2D eigenvalue weighted by molar-refractivity contribution is -0.121. The van der Waals surface area contributed by atoms with E-state index in [0.717, 1.165) is 41.6 Å². The fourth-order valence-electron chi connectivity index (χ4n) is 3.77. The van der Waals surface area contributed by atoms with Crippen molar-refractivity contribution in [3.63, 3.8) is 0 Å². The second-order valence-corrected chi connectivity index (χ2v) is 8.28. The lowest BCUT2D eigenvalue weighted by Crippen LogP contribution is -2.44. The van der Waals surface area contributed by atoms with Gasteiger partial charge < -0.3 is 5.32 Å². The molecular formula is C22H30N4OS. The molecule has 0 aliphatic carbocycles.